The predicted octanol–water partition coefficient (Wildman–Crippen LogP) is 4.33. The van der Waals surface area contributed by atoms with E-state index in [4.69, 9.17) is 0 Å². The first-order chi connectivity index (χ1) is 11.5. The number of halogens is 3. The standard InChI is InChI=1S/C18H19F3O3S/c1-17(2)7-13(22)15(14(23)8-17)16(24)12-5-4-11(18(19,20)21)6-10(12)9-25-3/h4-6,15H,7-9H2,1-3H3. The zero-order valence-corrected chi connectivity index (χ0v) is 15.0. The Balaban J connectivity index is 2.42. The van der Waals surface area contributed by atoms with Gasteiger partial charge in [-0.05, 0) is 29.4 Å². The minimum Gasteiger partial charge on any atom is -0.298 e. The van der Waals surface area contributed by atoms with Crippen molar-refractivity contribution in [1.29, 1.82) is 0 Å². The number of hydrogen-bond donors (Lipinski definition) is 0. The molecular formula is C18H19F3O3S. The van der Waals surface area contributed by atoms with Gasteiger partial charge in [0.15, 0.2) is 17.3 Å². The number of carbonyl (C=O) groups is 3. The molecule has 1 aromatic rings. The van der Waals surface area contributed by atoms with Gasteiger partial charge in [-0.15, -0.1) is 0 Å². The molecule has 3 nitrogen and oxygen atoms in total. The summed E-state index contributed by atoms with van der Waals surface area (Å²) in [6.07, 6.45) is -2.61. The van der Waals surface area contributed by atoms with E-state index in [-0.39, 0.29) is 29.7 Å². The Kier molecular flexibility index (Phi) is 5.47. The topological polar surface area (TPSA) is 51.2 Å². The average Bonchev–Trinajstić information content (AvgIpc) is 2.44. The molecular weight excluding hydrogens is 353 g/mol. The Hall–Kier alpha value is -1.63. The summed E-state index contributed by atoms with van der Waals surface area (Å²) in [6, 6.07) is 2.82. The fourth-order valence-electron chi connectivity index (χ4n) is 3.12. The van der Waals surface area contributed by atoms with Crippen molar-refractivity contribution >= 4 is 29.1 Å². The van der Waals surface area contributed by atoms with Gasteiger partial charge in [-0.2, -0.15) is 24.9 Å². The first-order valence-electron chi connectivity index (χ1n) is 7.75. The summed E-state index contributed by atoms with van der Waals surface area (Å²) in [7, 11) is 0. The van der Waals surface area contributed by atoms with E-state index in [9.17, 15) is 27.6 Å². The summed E-state index contributed by atoms with van der Waals surface area (Å²) in [5.41, 5.74) is -1.13. The molecule has 2 rings (SSSR count). The Bertz CT molecular complexity index is 703. The van der Waals surface area contributed by atoms with E-state index in [0.717, 1.165) is 18.2 Å². The molecule has 136 valence electrons. The van der Waals surface area contributed by atoms with E-state index in [1.54, 1.807) is 20.1 Å². The van der Waals surface area contributed by atoms with Crippen LogP contribution in [0.2, 0.25) is 0 Å². The molecule has 1 aliphatic carbocycles. The number of benzene rings is 1. The van der Waals surface area contributed by atoms with Gasteiger partial charge in [0, 0.05) is 24.2 Å². The maximum absolute atomic E-state index is 12.9. The van der Waals surface area contributed by atoms with Crippen LogP contribution in [0.25, 0.3) is 0 Å². The lowest BCUT2D eigenvalue weighted by atomic mass is 9.69. The second-order valence-corrected chi connectivity index (χ2v) is 7.92. The van der Waals surface area contributed by atoms with Gasteiger partial charge in [0.1, 0.15) is 5.92 Å². The number of thioether (sulfide) groups is 1. The minimum absolute atomic E-state index is 0.0220. The number of carbonyl (C=O) groups excluding carboxylic acids is 3. The lowest BCUT2D eigenvalue weighted by Gasteiger charge is -2.31. The molecule has 0 atom stereocenters. The maximum Gasteiger partial charge on any atom is 0.416 e. The van der Waals surface area contributed by atoms with Gasteiger partial charge in [-0.25, -0.2) is 0 Å². The molecule has 0 unspecified atom stereocenters. The van der Waals surface area contributed by atoms with Crippen LogP contribution in [0.5, 0.6) is 0 Å². The van der Waals surface area contributed by atoms with Crippen LogP contribution in [0.1, 0.15) is 48.2 Å². The molecule has 0 radical (unpaired) electrons. The lowest BCUT2D eigenvalue weighted by Crippen LogP contribution is -2.42. The highest BCUT2D eigenvalue weighted by Crippen LogP contribution is 2.36. The van der Waals surface area contributed by atoms with Crippen LogP contribution in [0.15, 0.2) is 18.2 Å². The highest BCUT2D eigenvalue weighted by molar-refractivity contribution is 7.97. The molecule has 0 heterocycles. The third kappa shape index (κ3) is 4.32. The fourth-order valence-corrected chi connectivity index (χ4v) is 3.67. The normalized spacial score (nSPS) is 18.5. The smallest absolute Gasteiger partial charge is 0.298 e. The summed E-state index contributed by atoms with van der Waals surface area (Å²) in [6.45, 7) is 3.56. The van der Waals surface area contributed by atoms with Crippen LogP contribution >= 0.6 is 11.8 Å². The predicted molar refractivity (Wildman–Crippen MR) is 89.5 cm³/mol. The second kappa shape index (κ2) is 6.94. The molecule has 0 aliphatic heterocycles. The molecule has 1 fully saturated rings. The third-order valence-electron chi connectivity index (χ3n) is 4.21. The molecule has 0 spiro atoms. The van der Waals surface area contributed by atoms with Crippen molar-refractivity contribution in [2.45, 2.75) is 38.6 Å². The molecule has 1 aromatic carbocycles. The van der Waals surface area contributed by atoms with E-state index in [1.807, 2.05) is 0 Å². The number of hydrogen-bond acceptors (Lipinski definition) is 4. The van der Waals surface area contributed by atoms with Crippen molar-refractivity contribution in [3.8, 4) is 0 Å². The van der Waals surface area contributed by atoms with E-state index >= 15 is 0 Å². The summed E-state index contributed by atoms with van der Waals surface area (Å²) in [5.74, 6) is -2.82. The van der Waals surface area contributed by atoms with Gasteiger partial charge in [0.05, 0.1) is 5.56 Å². The molecule has 0 amide bonds. The summed E-state index contributed by atoms with van der Waals surface area (Å²) >= 11 is 1.26. The molecule has 7 heteroatoms. The van der Waals surface area contributed by atoms with Crippen molar-refractivity contribution in [3.05, 3.63) is 34.9 Å². The van der Waals surface area contributed by atoms with Crippen LogP contribution in [-0.4, -0.2) is 23.6 Å². The molecule has 25 heavy (non-hydrogen) atoms. The quantitative estimate of drug-likeness (QED) is 0.583. The Labute approximate surface area is 148 Å². The molecule has 0 aromatic heterocycles. The van der Waals surface area contributed by atoms with Gasteiger partial charge in [0.2, 0.25) is 0 Å². The zero-order chi connectivity index (χ0) is 19.0. The number of rotatable bonds is 4. The van der Waals surface area contributed by atoms with Crippen LogP contribution in [0.4, 0.5) is 13.2 Å². The highest BCUT2D eigenvalue weighted by atomic mass is 32.2. The van der Waals surface area contributed by atoms with Crippen LogP contribution in [0.3, 0.4) is 0 Å². The van der Waals surface area contributed by atoms with Gasteiger partial charge in [-0.1, -0.05) is 19.9 Å². The van der Waals surface area contributed by atoms with Crippen LogP contribution in [-0.2, 0) is 21.5 Å². The summed E-state index contributed by atoms with van der Waals surface area (Å²) < 4.78 is 38.7. The number of ketones is 3. The van der Waals surface area contributed by atoms with E-state index in [0.29, 0.717) is 0 Å². The van der Waals surface area contributed by atoms with Crippen molar-refractivity contribution in [3.63, 3.8) is 0 Å². The number of Topliss-reactive ketones (excluding diaryl/α,β-unsaturated/α-hetero) is 3. The number of alkyl halides is 3. The fraction of sp³-hybridized carbons (Fsp3) is 0.500. The van der Waals surface area contributed by atoms with Gasteiger partial charge < -0.3 is 0 Å². The molecule has 1 aliphatic rings. The van der Waals surface area contributed by atoms with Crippen LogP contribution < -0.4 is 0 Å². The first-order valence-corrected chi connectivity index (χ1v) is 9.14. The van der Waals surface area contributed by atoms with Gasteiger partial charge >= 0.3 is 6.18 Å². The van der Waals surface area contributed by atoms with Crippen molar-refractivity contribution in [2.24, 2.45) is 11.3 Å². The first kappa shape index (κ1) is 19.7. The molecule has 0 N–H and O–H groups in total. The largest absolute Gasteiger partial charge is 0.416 e. The van der Waals surface area contributed by atoms with Crippen LogP contribution in [0, 0.1) is 11.3 Å². The van der Waals surface area contributed by atoms with E-state index < -0.39 is 40.4 Å². The second-order valence-electron chi connectivity index (χ2n) is 7.05. The Morgan fingerprint density at radius 3 is 2.24 bits per heavy atom. The van der Waals surface area contributed by atoms with Gasteiger partial charge in [-0.3, -0.25) is 14.4 Å². The molecule has 1 saturated carbocycles. The van der Waals surface area contributed by atoms with Crippen molar-refractivity contribution in [1.82, 2.24) is 0 Å². The maximum atomic E-state index is 12.9. The molecule has 0 saturated heterocycles. The zero-order valence-electron chi connectivity index (χ0n) is 14.2. The van der Waals surface area contributed by atoms with E-state index in [1.165, 1.54) is 11.8 Å². The van der Waals surface area contributed by atoms with Crippen molar-refractivity contribution in [2.75, 3.05) is 6.26 Å². The lowest BCUT2D eigenvalue weighted by molar-refractivity contribution is -0.138. The highest BCUT2D eigenvalue weighted by Gasteiger charge is 2.44. The minimum atomic E-state index is -4.52. The Morgan fingerprint density at radius 1 is 1.20 bits per heavy atom. The third-order valence-corrected chi connectivity index (χ3v) is 4.81. The SMILES string of the molecule is CSCc1cc(C(F)(F)F)ccc1C(=O)C1C(=O)CC(C)(C)CC1=O. The summed E-state index contributed by atoms with van der Waals surface area (Å²) in [5, 5.41) is 0. The van der Waals surface area contributed by atoms with Crippen molar-refractivity contribution < 1.29 is 27.6 Å². The Morgan fingerprint density at radius 2 is 1.76 bits per heavy atom. The van der Waals surface area contributed by atoms with Gasteiger partial charge in [0.25, 0.3) is 0 Å². The van der Waals surface area contributed by atoms with E-state index in [2.05, 4.69) is 0 Å². The molecule has 0 bridgehead atoms. The summed E-state index contributed by atoms with van der Waals surface area (Å²) in [4.78, 5) is 37.4. The average molecular weight is 372 g/mol. The monoisotopic (exact) mass is 372 g/mol.